The van der Waals surface area contributed by atoms with Gasteiger partial charge < -0.3 is 4.74 Å². The van der Waals surface area contributed by atoms with E-state index >= 15 is 0 Å². The summed E-state index contributed by atoms with van der Waals surface area (Å²) in [4.78, 5) is 25.8. The molecule has 0 radical (unpaired) electrons. The lowest BCUT2D eigenvalue weighted by atomic mass is 10.1. The maximum atomic E-state index is 13.1. The van der Waals surface area contributed by atoms with E-state index in [9.17, 15) is 27.2 Å². The SMILES string of the molecule is O=C(Oc1ccc(F)cc1)c1cn(-c2cccc(C(F)(F)F)c2)c(=O)c2ccccc12. The lowest BCUT2D eigenvalue weighted by molar-refractivity contribution is -0.137. The lowest BCUT2D eigenvalue weighted by Gasteiger charge is -2.14. The molecule has 0 aliphatic rings. The van der Waals surface area contributed by atoms with Gasteiger partial charge in [-0.15, -0.1) is 0 Å². The van der Waals surface area contributed by atoms with Crippen LogP contribution in [0.25, 0.3) is 16.5 Å². The standard InChI is InChI=1S/C23H13F4NO3/c24-15-8-10-17(11-9-15)31-22(30)20-13-28(21(29)19-7-2-1-6-18(19)20)16-5-3-4-14(12-16)23(25,26)27/h1-13H. The van der Waals surface area contributed by atoms with E-state index in [1.54, 1.807) is 12.1 Å². The predicted octanol–water partition coefficient (Wildman–Crippen LogP) is 5.37. The second-order valence-electron chi connectivity index (χ2n) is 6.66. The first-order chi connectivity index (χ1) is 14.7. The van der Waals surface area contributed by atoms with Crippen molar-refractivity contribution < 1.29 is 27.1 Å². The van der Waals surface area contributed by atoms with Crippen LogP contribution in [0.3, 0.4) is 0 Å². The molecule has 0 amide bonds. The van der Waals surface area contributed by atoms with Gasteiger partial charge in [0.05, 0.1) is 11.1 Å². The van der Waals surface area contributed by atoms with Crippen LogP contribution in [0.4, 0.5) is 17.6 Å². The average molecular weight is 427 g/mol. The van der Waals surface area contributed by atoms with Gasteiger partial charge in [0.25, 0.3) is 5.56 Å². The molecule has 8 heteroatoms. The number of carbonyl (C=O) groups excluding carboxylic acids is 1. The molecule has 1 heterocycles. The Balaban J connectivity index is 1.87. The Bertz CT molecular complexity index is 1340. The van der Waals surface area contributed by atoms with Gasteiger partial charge in [-0.3, -0.25) is 9.36 Å². The van der Waals surface area contributed by atoms with Gasteiger partial charge in [0.1, 0.15) is 11.6 Å². The number of rotatable bonds is 3. The van der Waals surface area contributed by atoms with Crippen molar-refractivity contribution in [1.29, 1.82) is 0 Å². The molecule has 0 fully saturated rings. The molecule has 4 rings (SSSR count). The van der Waals surface area contributed by atoms with E-state index in [-0.39, 0.29) is 27.8 Å². The molecule has 1 aromatic heterocycles. The molecule has 3 aromatic carbocycles. The number of nitrogens with zero attached hydrogens (tertiary/aromatic N) is 1. The highest BCUT2D eigenvalue weighted by Crippen LogP contribution is 2.30. The Morgan fingerprint density at radius 2 is 1.55 bits per heavy atom. The van der Waals surface area contributed by atoms with Crippen LogP contribution in [0.15, 0.2) is 83.8 Å². The van der Waals surface area contributed by atoms with Crippen LogP contribution in [0, 0.1) is 5.82 Å². The van der Waals surface area contributed by atoms with Crippen molar-refractivity contribution in [3.8, 4) is 11.4 Å². The molecule has 0 spiro atoms. The summed E-state index contributed by atoms with van der Waals surface area (Å²) < 4.78 is 58.7. The highest BCUT2D eigenvalue weighted by Gasteiger charge is 2.30. The van der Waals surface area contributed by atoms with Crippen molar-refractivity contribution in [3.63, 3.8) is 0 Å². The van der Waals surface area contributed by atoms with Crippen molar-refractivity contribution in [2.45, 2.75) is 6.18 Å². The van der Waals surface area contributed by atoms with Crippen LogP contribution in [-0.2, 0) is 6.18 Å². The first kappa shape index (κ1) is 20.3. The molecular weight excluding hydrogens is 414 g/mol. The number of halogens is 4. The van der Waals surface area contributed by atoms with Gasteiger partial charge in [-0.1, -0.05) is 24.3 Å². The largest absolute Gasteiger partial charge is 0.423 e. The van der Waals surface area contributed by atoms with E-state index < -0.39 is 29.1 Å². The molecule has 0 saturated heterocycles. The van der Waals surface area contributed by atoms with Crippen molar-refractivity contribution in [3.05, 3.63) is 106 Å². The first-order valence-electron chi connectivity index (χ1n) is 9.04. The van der Waals surface area contributed by atoms with E-state index in [0.717, 1.165) is 35.0 Å². The molecule has 0 unspecified atom stereocenters. The lowest BCUT2D eigenvalue weighted by Crippen LogP contribution is -2.22. The molecule has 0 bridgehead atoms. The zero-order valence-corrected chi connectivity index (χ0v) is 15.7. The number of benzene rings is 3. The summed E-state index contributed by atoms with van der Waals surface area (Å²) in [5, 5.41) is 0.413. The maximum Gasteiger partial charge on any atom is 0.416 e. The van der Waals surface area contributed by atoms with Crippen LogP contribution < -0.4 is 10.3 Å². The highest BCUT2D eigenvalue weighted by atomic mass is 19.4. The Morgan fingerprint density at radius 1 is 0.871 bits per heavy atom. The fraction of sp³-hybridized carbons (Fsp3) is 0.0435. The van der Waals surface area contributed by atoms with Gasteiger partial charge in [0.2, 0.25) is 0 Å². The quantitative estimate of drug-likeness (QED) is 0.251. The number of pyridine rings is 1. The first-order valence-corrected chi connectivity index (χ1v) is 9.04. The number of alkyl halides is 3. The summed E-state index contributed by atoms with van der Waals surface area (Å²) in [6.07, 6.45) is -3.45. The molecule has 4 aromatic rings. The normalized spacial score (nSPS) is 11.5. The topological polar surface area (TPSA) is 48.3 Å². The molecule has 156 valence electrons. The number of hydrogen-bond acceptors (Lipinski definition) is 3. The smallest absolute Gasteiger partial charge is 0.416 e. The van der Waals surface area contributed by atoms with Crippen molar-refractivity contribution in [1.82, 2.24) is 4.57 Å². The number of esters is 1. The minimum atomic E-state index is -4.60. The van der Waals surface area contributed by atoms with Gasteiger partial charge in [-0.25, -0.2) is 9.18 Å². The molecule has 0 aliphatic carbocycles. The van der Waals surface area contributed by atoms with Crippen LogP contribution in [0.5, 0.6) is 5.75 Å². The van der Waals surface area contributed by atoms with E-state index in [4.69, 9.17) is 4.74 Å². The number of carbonyl (C=O) groups is 1. The molecule has 0 N–H and O–H groups in total. The second-order valence-corrected chi connectivity index (χ2v) is 6.66. The molecule has 31 heavy (non-hydrogen) atoms. The van der Waals surface area contributed by atoms with E-state index in [2.05, 4.69) is 0 Å². The van der Waals surface area contributed by atoms with Gasteiger partial charge in [0, 0.05) is 22.7 Å². The molecule has 0 saturated carbocycles. The van der Waals surface area contributed by atoms with Gasteiger partial charge in [-0.2, -0.15) is 13.2 Å². The highest BCUT2D eigenvalue weighted by molar-refractivity contribution is 6.04. The van der Waals surface area contributed by atoms with Gasteiger partial charge in [-0.05, 0) is 48.5 Å². The Kier molecular flexibility index (Phi) is 5.06. The summed E-state index contributed by atoms with van der Waals surface area (Å²) >= 11 is 0. The summed E-state index contributed by atoms with van der Waals surface area (Å²) in [6, 6.07) is 15.2. The zero-order valence-electron chi connectivity index (χ0n) is 15.7. The summed E-state index contributed by atoms with van der Waals surface area (Å²) in [5.74, 6) is -1.28. The maximum absolute atomic E-state index is 13.1. The van der Waals surface area contributed by atoms with Crippen LogP contribution >= 0.6 is 0 Å². The summed E-state index contributed by atoms with van der Waals surface area (Å²) in [5.41, 5.74) is -1.60. The molecule has 0 atom stereocenters. The fourth-order valence-corrected chi connectivity index (χ4v) is 3.14. The van der Waals surface area contributed by atoms with Crippen LogP contribution in [0.1, 0.15) is 15.9 Å². The number of fused-ring (bicyclic) bond motifs is 1. The van der Waals surface area contributed by atoms with Crippen LogP contribution in [-0.4, -0.2) is 10.5 Å². The molecular formula is C23H13F4NO3. The van der Waals surface area contributed by atoms with Crippen molar-refractivity contribution in [2.24, 2.45) is 0 Å². The third-order valence-corrected chi connectivity index (χ3v) is 4.62. The number of ether oxygens (including phenoxy) is 1. The van der Waals surface area contributed by atoms with Crippen LogP contribution in [0.2, 0.25) is 0 Å². The summed E-state index contributed by atoms with van der Waals surface area (Å²) in [6.45, 7) is 0. The van der Waals surface area contributed by atoms with Gasteiger partial charge in [0.15, 0.2) is 0 Å². The monoisotopic (exact) mass is 427 g/mol. The fourth-order valence-electron chi connectivity index (χ4n) is 3.14. The minimum Gasteiger partial charge on any atom is -0.423 e. The summed E-state index contributed by atoms with van der Waals surface area (Å²) in [7, 11) is 0. The van der Waals surface area contributed by atoms with Gasteiger partial charge >= 0.3 is 12.1 Å². The molecule has 4 nitrogen and oxygen atoms in total. The van der Waals surface area contributed by atoms with E-state index in [0.29, 0.717) is 0 Å². The Hall–Kier alpha value is -3.94. The third kappa shape index (κ3) is 4.05. The minimum absolute atomic E-state index is 0.0306. The average Bonchev–Trinajstić information content (AvgIpc) is 2.75. The predicted molar refractivity (Wildman–Crippen MR) is 106 cm³/mol. The third-order valence-electron chi connectivity index (χ3n) is 4.62. The zero-order chi connectivity index (χ0) is 22.2. The number of aromatic nitrogens is 1. The van der Waals surface area contributed by atoms with E-state index in [1.165, 1.54) is 36.4 Å². The van der Waals surface area contributed by atoms with E-state index in [1.807, 2.05) is 0 Å². The Morgan fingerprint density at radius 3 is 2.23 bits per heavy atom. The van der Waals surface area contributed by atoms with Crippen molar-refractivity contribution >= 4 is 16.7 Å². The molecule has 0 aliphatic heterocycles. The number of hydrogen-bond donors (Lipinski definition) is 0. The Labute approximate surface area is 172 Å². The second kappa shape index (κ2) is 7.71. The van der Waals surface area contributed by atoms with Crippen molar-refractivity contribution in [2.75, 3.05) is 0 Å².